The van der Waals surface area contributed by atoms with E-state index in [0.29, 0.717) is 17.5 Å². The predicted octanol–water partition coefficient (Wildman–Crippen LogP) is 3.70. The zero-order valence-corrected chi connectivity index (χ0v) is 14.4. The molecule has 0 aromatic heterocycles. The maximum absolute atomic E-state index is 12.8. The van der Waals surface area contributed by atoms with Crippen LogP contribution in [-0.2, 0) is 11.0 Å². The minimum atomic E-state index is -4.70. The number of nitrogens with zero attached hydrogens (tertiary/aromatic N) is 2. The van der Waals surface area contributed by atoms with E-state index in [2.05, 4.69) is 5.32 Å². The minimum absolute atomic E-state index is 0.0992. The van der Waals surface area contributed by atoms with Crippen LogP contribution in [0.1, 0.15) is 5.56 Å². The molecule has 0 unspecified atom stereocenters. The Balaban J connectivity index is 2.15. The van der Waals surface area contributed by atoms with E-state index < -0.39 is 28.3 Å². The highest BCUT2D eigenvalue weighted by Crippen LogP contribution is 2.36. The molecule has 2 rings (SSSR count). The number of hydrogen-bond donors (Lipinski definition) is 1. The van der Waals surface area contributed by atoms with Gasteiger partial charge in [-0.3, -0.25) is 14.9 Å². The molecule has 0 saturated carbocycles. The molecule has 0 spiro atoms. The number of benzene rings is 2. The summed E-state index contributed by atoms with van der Waals surface area (Å²) in [5.74, 6) is 0.113. The van der Waals surface area contributed by atoms with Crippen LogP contribution in [0.5, 0.6) is 5.75 Å². The molecule has 0 aliphatic carbocycles. The number of methoxy groups -OCH3 is 1. The fourth-order valence-corrected chi connectivity index (χ4v) is 2.34. The van der Waals surface area contributed by atoms with Crippen LogP contribution in [0.15, 0.2) is 42.5 Å². The van der Waals surface area contributed by atoms with E-state index in [1.165, 1.54) is 19.1 Å². The molecule has 1 amide bonds. The molecule has 144 valence electrons. The standard InChI is InChI=1S/C17H16F3N3O4/c1-22(10-16(24)21-12-4-6-13(27-2)7-5-12)14-8-3-11(17(18,19)20)9-15(14)23(25)26/h3-9H,10H2,1-2H3,(H,21,24). The van der Waals surface area contributed by atoms with Gasteiger partial charge in [0.2, 0.25) is 5.91 Å². The van der Waals surface area contributed by atoms with Gasteiger partial charge in [0.25, 0.3) is 5.69 Å². The number of nitrogens with one attached hydrogen (secondary N) is 1. The molecule has 27 heavy (non-hydrogen) atoms. The van der Waals surface area contributed by atoms with Crippen molar-refractivity contribution in [3.8, 4) is 5.75 Å². The van der Waals surface area contributed by atoms with Crippen LogP contribution in [0.25, 0.3) is 0 Å². The van der Waals surface area contributed by atoms with Crippen molar-refractivity contribution in [2.24, 2.45) is 0 Å². The smallest absolute Gasteiger partial charge is 0.416 e. The lowest BCUT2D eigenvalue weighted by atomic mass is 10.1. The van der Waals surface area contributed by atoms with E-state index in [1.807, 2.05) is 0 Å². The van der Waals surface area contributed by atoms with Gasteiger partial charge in [-0.1, -0.05) is 0 Å². The highest BCUT2D eigenvalue weighted by Gasteiger charge is 2.33. The van der Waals surface area contributed by atoms with Gasteiger partial charge in [0.1, 0.15) is 11.4 Å². The Morgan fingerprint density at radius 2 is 1.85 bits per heavy atom. The third kappa shape index (κ3) is 5.09. The molecular weight excluding hydrogens is 367 g/mol. The quantitative estimate of drug-likeness (QED) is 0.607. The Hall–Kier alpha value is -3.30. The second-order valence-electron chi connectivity index (χ2n) is 5.59. The van der Waals surface area contributed by atoms with Crippen LogP contribution < -0.4 is 15.0 Å². The number of alkyl halides is 3. The Kier molecular flexibility index (Phi) is 5.88. The Labute approximate surface area is 152 Å². The molecule has 0 aliphatic rings. The summed E-state index contributed by atoms with van der Waals surface area (Å²) >= 11 is 0. The second kappa shape index (κ2) is 7.94. The van der Waals surface area contributed by atoms with Gasteiger partial charge in [-0.25, -0.2) is 0 Å². The van der Waals surface area contributed by atoms with E-state index >= 15 is 0 Å². The zero-order valence-electron chi connectivity index (χ0n) is 14.4. The lowest BCUT2D eigenvalue weighted by Crippen LogP contribution is -2.30. The summed E-state index contributed by atoms with van der Waals surface area (Å²) in [6, 6.07) is 8.66. The minimum Gasteiger partial charge on any atom is -0.497 e. The van der Waals surface area contributed by atoms with Crippen molar-refractivity contribution >= 4 is 23.0 Å². The maximum Gasteiger partial charge on any atom is 0.416 e. The number of ether oxygens (including phenoxy) is 1. The third-order valence-corrected chi connectivity index (χ3v) is 3.67. The zero-order chi connectivity index (χ0) is 20.2. The Bertz CT molecular complexity index is 838. The van der Waals surface area contributed by atoms with Crippen LogP contribution in [0.3, 0.4) is 0 Å². The van der Waals surface area contributed by atoms with Gasteiger partial charge in [-0.05, 0) is 36.4 Å². The van der Waals surface area contributed by atoms with E-state index in [0.717, 1.165) is 12.1 Å². The van der Waals surface area contributed by atoms with Crippen molar-refractivity contribution < 1.29 is 27.6 Å². The van der Waals surface area contributed by atoms with Gasteiger partial charge in [0.15, 0.2) is 0 Å². The van der Waals surface area contributed by atoms with Crippen molar-refractivity contribution in [3.05, 3.63) is 58.1 Å². The van der Waals surface area contributed by atoms with Crippen molar-refractivity contribution in [1.29, 1.82) is 0 Å². The lowest BCUT2D eigenvalue weighted by molar-refractivity contribution is -0.384. The fourth-order valence-electron chi connectivity index (χ4n) is 2.34. The predicted molar refractivity (Wildman–Crippen MR) is 93.0 cm³/mol. The summed E-state index contributed by atoms with van der Waals surface area (Å²) < 4.78 is 43.3. The number of carbonyl (C=O) groups is 1. The van der Waals surface area contributed by atoms with Crippen molar-refractivity contribution in [2.45, 2.75) is 6.18 Å². The largest absolute Gasteiger partial charge is 0.497 e. The topological polar surface area (TPSA) is 84.7 Å². The molecule has 0 heterocycles. The van der Waals surface area contributed by atoms with E-state index in [4.69, 9.17) is 4.74 Å². The fraction of sp³-hybridized carbons (Fsp3) is 0.235. The molecule has 0 bridgehead atoms. The highest BCUT2D eigenvalue weighted by molar-refractivity contribution is 5.94. The summed E-state index contributed by atoms with van der Waals surface area (Å²) in [6.45, 7) is -0.293. The SMILES string of the molecule is COc1ccc(NC(=O)CN(C)c2ccc(C(F)(F)F)cc2[N+](=O)[O-])cc1. The number of anilines is 2. The van der Waals surface area contributed by atoms with Crippen LogP contribution in [0.4, 0.5) is 30.2 Å². The molecule has 0 radical (unpaired) electrons. The number of nitro groups is 1. The van der Waals surface area contributed by atoms with Crippen LogP contribution >= 0.6 is 0 Å². The summed E-state index contributed by atoms with van der Waals surface area (Å²) in [5, 5.41) is 13.7. The summed E-state index contributed by atoms with van der Waals surface area (Å²) in [6.07, 6.45) is -4.70. The van der Waals surface area contributed by atoms with Gasteiger partial charge in [0, 0.05) is 18.8 Å². The van der Waals surface area contributed by atoms with Gasteiger partial charge in [-0.2, -0.15) is 13.2 Å². The number of halogens is 3. The number of likely N-dealkylation sites (N-methyl/N-ethyl adjacent to an activating group) is 1. The van der Waals surface area contributed by atoms with Gasteiger partial charge in [-0.15, -0.1) is 0 Å². The van der Waals surface area contributed by atoms with Gasteiger partial charge >= 0.3 is 6.18 Å². The number of nitro benzene ring substituents is 1. The number of carbonyl (C=O) groups excluding carboxylic acids is 1. The number of hydrogen-bond acceptors (Lipinski definition) is 5. The summed E-state index contributed by atoms with van der Waals surface area (Å²) in [5.41, 5.74) is -1.48. The maximum atomic E-state index is 12.8. The molecule has 0 fully saturated rings. The molecule has 2 aromatic carbocycles. The molecule has 0 atom stereocenters. The monoisotopic (exact) mass is 383 g/mol. The lowest BCUT2D eigenvalue weighted by Gasteiger charge is -2.19. The number of amides is 1. The van der Waals surface area contributed by atoms with Gasteiger partial charge in [0.05, 0.1) is 24.1 Å². The average molecular weight is 383 g/mol. The molecule has 7 nitrogen and oxygen atoms in total. The Morgan fingerprint density at radius 3 is 2.37 bits per heavy atom. The highest BCUT2D eigenvalue weighted by atomic mass is 19.4. The first kappa shape index (κ1) is 20.0. The molecule has 10 heteroatoms. The van der Waals surface area contributed by atoms with E-state index in [9.17, 15) is 28.1 Å². The molecular formula is C17H16F3N3O4. The molecule has 1 N–H and O–H groups in total. The summed E-state index contributed by atoms with van der Waals surface area (Å²) in [7, 11) is 2.88. The first-order valence-electron chi connectivity index (χ1n) is 7.62. The Morgan fingerprint density at radius 1 is 1.22 bits per heavy atom. The van der Waals surface area contributed by atoms with Crippen LogP contribution in [0.2, 0.25) is 0 Å². The molecule has 2 aromatic rings. The first-order valence-corrected chi connectivity index (χ1v) is 7.62. The van der Waals surface area contributed by atoms with Gasteiger partial charge < -0.3 is 15.0 Å². The normalized spacial score (nSPS) is 11.0. The van der Waals surface area contributed by atoms with Crippen LogP contribution in [-0.4, -0.2) is 31.5 Å². The van der Waals surface area contributed by atoms with Crippen LogP contribution in [0, 0.1) is 10.1 Å². The molecule has 0 aliphatic heterocycles. The number of rotatable bonds is 6. The first-order chi connectivity index (χ1) is 12.6. The average Bonchev–Trinajstić information content (AvgIpc) is 2.60. The summed E-state index contributed by atoms with van der Waals surface area (Å²) in [4.78, 5) is 23.6. The van der Waals surface area contributed by atoms with Crippen molar-refractivity contribution in [2.75, 3.05) is 30.9 Å². The van der Waals surface area contributed by atoms with E-state index in [1.54, 1.807) is 24.3 Å². The van der Waals surface area contributed by atoms with Crippen molar-refractivity contribution in [3.63, 3.8) is 0 Å². The molecule has 0 saturated heterocycles. The third-order valence-electron chi connectivity index (χ3n) is 3.67. The van der Waals surface area contributed by atoms with E-state index in [-0.39, 0.29) is 12.2 Å². The second-order valence-corrected chi connectivity index (χ2v) is 5.59. The van der Waals surface area contributed by atoms with Crippen molar-refractivity contribution in [1.82, 2.24) is 0 Å².